The van der Waals surface area contributed by atoms with Crippen LogP contribution in [0.3, 0.4) is 0 Å². The highest BCUT2D eigenvalue weighted by Gasteiger charge is 2.44. The summed E-state index contributed by atoms with van der Waals surface area (Å²) in [4.78, 5) is 13.9. The predicted octanol–water partition coefficient (Wildman–Crippen LogP) is 1.46. The fourth-order valence-corrected chi connectivity index (χ4v) is 4.44. The van der Waals surface area contributed by atoms with Crippen molar-refractivity contribution in [3.8, 4) is 5.75 Å². The van der Waals surface area contributed by atoms with Crippen LogP contribution in [-0.4, -0.2) is 64.6 Å². The monoisotopic (exact) mass is 412 g/mol. The first-order chi connectivity index (χ1) is 13.3. The van der Waals surface area contributed by atoms with E-state index < -0.39 is 21.7 Å². The average molecular weight is 413 g/mol. The Hall–Kier alpha value is -1.75. The van der Waals surface area contributed by atoms with Crippen LogP contribution in [0.5, 0.6) is 5.75 Å². The Balaban J connectivity index is 1.67. The van der Waals surface area contributed by atoms with Gasteiger partial charge < -0.3 is 20.1 Å². The molecule has 0 saturated carbocycles. The molecule has 3 N–H and O–H groups in total. The zero-order valence-corrected chi connectivity index (χ0v) is 16.9. The molecule has 1 spiro atoms. The molecule has 1 unspecified atom stereocenters. The third-order valence-corrected chi connectivity index (χ3v) is 5.88. The number of ether oxygens (including phenoxy) is 2. The second-order valence-electron chi connectivity index (χ2n) is 7.48. The van der Waals surface area contributed by atoms with Gasteiger partial charge in [0.1, 0.15) is 17.4 Å². The largest absolute Gasteiger partial charge is 0.487 e. The van der Waals surface area contributed by atoms with Crippen LogP contribution in [0.1, 0.15) is 30.9 Å². The van der Waals surface area contributed by atoms with E-state index in [1.54, 1.807) is 18.2 Å². The highest BCUT2D eigenvalue weighted by molar-refractivity contribution is 7.92. The Morgan fingerprint density at radius 1 is 1.36 bits per heavy atom. The van der Waals surface area contributed by atoms with Gasteiger partial charge in [0.05, 0.1) is 19.5 Å². The maximum Gasteiger partial charge on any atom is 0.229 e. The lowest BCUT2D eigenvalue weighted by molar-refractivity contribution is -0.0266. The zero-order valence-electron chi connectivity index (χ0n) is 16.1. The molecule has 1 atom stereocenters. The molecule has 28 heavy (non-hydrogen) atoms. The molecule has 1 saturated heterocycles. The van der Waals surface area contributed by atoms with Crippen molar-refractivity contribution in [2.24, 2.45) is 10.9 Å². The van der Waals surface area contributed by atoms with Gasteiger partial charge in [-0.25, -0.2) is 8.42 Å². The topological polar surface area (TPSA) is 123 Å². The van der Waals surface area contributed by atoms with Gasteiger partial charge in [-0.3, -0.25) is 4.72 Å². The first kappa shape index (κ1) is 21.0. The van der Waals surface area contributed by atoms with E-state index in [1.165, 1.54) is 0 Å². The van der Waals surface area contributed by atoms with Crippen LogP contribution in [0.4, 0.5) is 5.69 Å². The second-order valence-corrected chi connectivity index (χ2v) is 9.23. The molecule has 10 heteroatoms. The lowest BCUT2D eigenvalue weighted by Gasteiger charge is -2.45. The van der Waals surface area contributed by atoms with Gasteiger partial charge in [-0.15, -0.1) is 0 Å². The molecular formula is C18H28N4O5S. The van der Waals surface area contributed by atoms with Crippen molar-refractivity contribution in [1.29, 1.82) is 0 Å². The number of likely N-dealkylation sites (tertiary alicyclic amines) is 1. The maximum absolute atomic E-state index is 11.5. The summed E-state index contributed by atoms with van der Waals surface area (Å²) in [6.07, 6.45) is 3.20. The molecular weight excluding hydrogens is 384 g/mol. The number of rotatable bonds is 8. The van der Waals surface area contributed by atoms with Gasteiger partial charge in [0.15, 0.2) is 0 Å². The van der Waals surface area contributed by atoms with E-state index in [-0.39, 0.29) is 0 Å². The van der Waals surface area contributed by atoms with Crippen molar-refractivity contribution < 1.29 is 17.9 Å². The van der Waals surface area contributed by atoms with Gasteiger partial charge >= 0.3 is 0 Å². The Kier molecular flexibility index (Phi) is 6.54. The van der Waals surface area contributed by atoms with Gasteiger partial charge in [0.25, 0.3) is 0 Å². The van der Waals surface area contributed by atoms with Crippen LogP contribution in [-0.2, 0) is 14.8 Å². The van der Waals surface area contributed by atoms with Crippen molar-refractivity contribution in [2.75, 3.05) is 50.4 Å². The standard InChI is InChI=1S/C18H28N4O5S/c1-28(24,25)21-14-2-3-17-15(12-14)16(20-23)13-18(27-17)4-7-22(8-5-18)9-11-26-10-6-19/h2-3,12,16,21H,4-11,13,19H2,1H3. The number of nitrogens with one attached hydrogen (secondary N) is 1. The van der Waals surface area contributed by atoms with Gasteiger partial charge in [-0.05, 0) is 31.0 Å². The lowest BCUT2D eigenvalue weighted by atomic mass is 9.81. The van der Waals surface area contributed by atoms with Crippen LogP contribution in [0.25, 0.3) is 0 Å². The van der Waals surface area contributed by atoms with Crippen molar-refractivity contribution in [2.45, 2.75) is 30.9 Å². The molecule has 2 heterocycles. The summed E-state index contributed by atoms with van der Waals surface area (Å²) in [5.74, 6) is 0.606. The number of nitrogens with zero attached hydrogens (tertiary/aromatic N) is 2. The van der Waals surface area contributed by atoms with Crippen LogP contribution in [0.2, 0.25) is 0 Å². The number of benzene rings is 1. The number of piperidine rings is 1. The predicted molar refractivity (Wildman–Crippen MR) is 107 cm³/mol. The molecule has 2 aliphatic heterocycles. The summed E-state index contributed by atoms with van der Waals surface area (Å²) in [7, 11) is -3.39. The second kappa shape index (κ2) is 8.73. The van der Waals surface area contributed by atoms with Crippen LogP contribution in [0.15, 0.2) is 23.4 Å². The lowest BCUT2D eigenvalue weighted by Crippen LogP contribution is -2.50. The normalized spacial score (nSPS) is 21.7. The van der Waals surface area contributed by atoms with E-state index in [0.717, 1.165) is 38.7 Å². The molecule has 1 aromatic carbocycles. The quantitative estimate of drug-likeness (QED) is 0.489. The molecule has 0 bridgehead atoms. The van der Waals surface area contributed by atoms with Gasteiger partial charge in [0, 0.05) is 43.9 Å². The number of fused-ring (bicyclic) bond motifs is 1. The van der Waals surface area contributed by atoms with Gasteiger partial charge in [-0.1, -0.05) is 5.18 Å². The molecule has 1 aromatic rings. The van der Waals surface area contributed by atoms with Crippen LogP contribution < -0.4 is 15.2 Å². The van der Waals surface area contributed by atoms with Gasteiger partial charge in [0.2, 0.25) is 10.0 Å². The molecule has 2 aliphatic rings. The highest BCUT2D eigenvalue weighted by atomic mass is 32.2. The van der Waals surface area contributed by atoms with Crippen LogP contribution >= 0.6 is 0 Å². The number of sulfonamides is 1. The van der Waals surface area contributed by atoms with E-state index in [4.69, 9.17) is 15.2 Å². The van der Waals surface area contributed by atoms with E-state index in [0.29, 0.717) is 43.2 Å². The summed E-state index contributed by atoms with van der Waals surface area (Å²) in [6, 6.07) is 4.45. The number of nitrogens with two attached hydrogens (primary N) is 1. The number of hydrogen-bond donors (Lipinski definition) is 2. The van der Waals surface area contributed by atoms with Crippen LogP contribution in [0, 0.1) is 4.91 Å². The first-order valence-corrected chi connectivity index (χ1v) is 11.4. The molecule has 9 nitrogen and oxygen atoms in total. The Labute approximate surface area is 165 Å². The minimum Gasteiger partial charge on any atom is -0.487 e. The molecule has 0 aromatic heterocycles. The minimum atomic E-state index is -3.39. The summed E-state index contributed by atoms with van der Waals surface area (Å²) in [5, 5.41) is 3.31. The summed E-state index contributed by atoms with van der Waals surface area (Å²) in [5.41, 5.74) is 6.05. The fourth-order valence-electron chi connectivity index (χ4n) is 3.88. The van der Waals surface area contributed by atoms with Crippen molar-refractivity contribution in [1.82, 2.24) is 4.90 Å². The third kappa shape index (κ3) is 5.19. The Morgan fingerprint density at radius 2 is 2.11 bits per heavy atom. The van der Waals surface area contributed by atoms with Crippen molar-refractivity contribution >= 4 is 15.7 Å². The highest BCUT2D eigenvalue weighted by Crippen LogP contribution is 2.46. The van der Waals surface area contributed by atoms with Crippen molar-refractivity contribution in [3.05, 3.63) is 28.7 Å². The molecule has 156 valence electrons. The Bertz CT molecular complexity index is 793. The first-order valence-electron chi connectivity index (χ1n) is 9.47. The van der Waals surface area contributed by atoms with E-state index >= 15 is 0 Å². The summed E-state index contributed by atoms with van der Waals surface area (Å²) < 4.78 is 37.1. The molecule has 3 rings (SSSR count). The number of nitroso groups, excluding NO2 is 1. The Morgan fingerprint density at radius 3 is 2.75 bits per heavy atom. The van der Waals surface area contributed by atoms with Gasteiger partial charge in [-0.2, -0.15) is 4.91 Å². The molecule has 1 fully saturated rings. The zero-order chi connectivity index (χ0) is 20.2. The molecule has 0 radical (unpaired) electrons. The number of anilines is 1. The SMILES string of the molecule is CS(=O)(=O)Nc1ccc2c(c1)C(N=O)CC1(CCN(CCOCCN)CC1)O2. The van der Waals surface area contributed by atoms with E-state index in [9.17, 15) is 13.3 Å². The maximum atomic E-state index is 11.5. The van der Waals surface area contributed by atoms with E-state index in [1.807, 2.05) is 0 Å². The summed E-state index contributed by atoms with van der Waals surface area (Å²) in [6.45, 7) is 4.32. The summed E-state index contributed by atoms with van der Waals surface area (Å²) >= 11 is 0. The smallest absolute Gasteiger partial charge is 0.229 e. The number of hydrogen-bond acceptors (Lipinski definition) is 8. The minimum absolute atomic E-state index is 0.404. The average Bonchev–Trinajstić information content (AvgIpc) is 2.65. The van der Waals surface area contributed by atoms with Crippen molar-refractivity contribution in [3.63, 3.8) is 0 Å². The molecule has 0 amide bonds. The van der Waals surface area contributed by atoms with E-state index in [2.05, 4.69) is 14.8 Å². The third-order valence-electron chi connectivity index (χ3n) is 5.27. The fraction of sp³-hybridized carbons (Fsp3) is 0.667. The molecule has 0 aliphatic carbocycles.